The number of unbranched alkanes of at least 4 members (excludes halogenated alkanes) is 27. The minimum atomic E-state index is -0.0318. The third kappa shape index (κ3) is 33.0. The molecule has 0 fully saturated rings. The molecule has 1 atom stereocenters. The van der Waals surface area contributed by atoms with Crippen molar-refractivity contribution >= 4 is 27.9 Å². The topological polar surface area (TPSA) is 20.2 Å². The van der Waals surface area contributed by atoms with Crippen LogP contribution in [0.5, 0.6) is 0 Å². The van der Waals surface area contributed by atoms with E-state index in [-0.39, 0.29) is 6.10 Å². The molecule has 0 aromatic rings. The van der Waals surface area contributed by atoms with Crippen molar-refractivity contribution in [3.63, 3.8) is 0 Å². The maximum atomic E-state index is 10.3. The van der Waals surface area contributed by atoms with Crippen LogP contribution in [0.25, 0.3) is 0 Å². The van der Waals surface area contributed by atoms with Gasteiger partial charge in [0.25, 0.3) is 0 Å². The predicted molar refractivity (Wildman–Crippen MR) is 165 cm³/mol. The van der Waals surface area contributed by atoms with Crippen LogP contribution in [0.1, 0.15) is 206 Å². The van der Waals surface area contributed by atoms with Crippen LogP contribution in [0.15, 0.2) is 0 Å². The fraction of sp³-hybridized carbons (Fsp3) is 1.00. The van der Waals surface area contributed by atoms with Crippen LogP contribution in [0.2, 0.25) is 3.67 Å². The van der Waals surface area contributed by atoms with Gasteiger partial charge < -0.3 is 5.11 Å². The van der Waals surface area contributed by atoms with Gasteiger partial charge in [-0.05, 0) is 12.8 Å². The van der Waals surface area contributed by atoms with Crippen molar-refractivity contribution in [3.8, 4) is 0 Å². The Morgan fingerprint density at radius 2 is 0.583 bits per heavy atom. The molecule has 1 N–H and O–H groups in total. The van der Waals surface area contributed by atoms with Gasteiger partial charge in [-0.3, -0.25) is 0 Å². The van der Waals surface area contributed by atoms with E-state index in [9.17, 15) is 5.11 Å². The molecule has 0 amide bonds. The SMILES string of the molecule is CCCCCCCCCCCCCCCCC(O)CCCCCCCCCCCCCCCC[CH2][Na]. The van der Waals surface area contributed by atoms with Gasteiger partial charge in [0.15, 0.2) is 0 Å². The van der Waals surface area contributed by atoms with Crippen molar-refractivity contribution in [1.82, 2.24) is 0 Å². The van der Waals surface area contributed by atoms with Crippen molar-refractivity contribution in [2.24, 2.45) is 0 Å². The Balaban J connectivity index is 3.13. The van der Waals surface area contributed by atoms with Crippen molar-refractivity contribution < 1.29 is 5.11 Å². The summed E-state index contributed by atoms with van der Waals surface area (Å²) in [6.45, 7) is 2.30. The number of hydrogen-bond donors (Lipinski definition) is 1. The third-order valence-electron chi connectivity index (χ3n) is 8.28. The van der Waals surface area contributed by atoms with Crippen LogP contribution in [-0.2, 0) is 0 Å². The van der Waals surface area contributed by atoms with Gasteiger partial charge in [0.05, 0.1) is 6.10 Å². The number of aliphatic hydroxyl groups excluding tert-OH is 1. The summed E-state index contributed by atoms with van der Waals surface area (Å²) in [6.07, 6.45) is 43.3. The minimum absolute atomic E-state index is 0.0318. The first-order valence-corrected chi connectivity index (χ1v) is 18.9. The van der Waals surface area contributed by atoms with Crippen LogP contribution in [0.3, 0.4) is 0 Å². The third-order valence-corrected chi connectivity index (χ3v) is 8.99. The second-order valence-corrected chi connectivity index (χ2v) is 13.1. The first-order valence-electron chi connectivity index (χ1n) is 17.5. The van der Waals surface area contributed by atoms with Crippen LogP contribution >= 0.6 is 0 Å². The Labute approximate surface area is 247 Å². The maximum absolute atomic E-state index is 10.3. The zero-order chi connectivity index (χ0) is 26.2. The normalized spacial score (nSPS) is 12.4. The summed E-state index contributed by atoms with van der Waals surface area (Å²) < 4.78 is 1.50. The van der Waals surface area contributed by atoms with Crippen LogP contribution in [0.4, 0.5) is 0 Å². The molecule has 36 heavy (non-hydrogen) atoms. The molecule has 0 aliphatic carbocycles. The molecule has 1 nitrogen and oxygen atoms in total. The molecule has 0 saturated heterocycles. The summed E-state index contributed by atoms with van der Waals surface area (Å²) in [5.41, 5.74) is 0. The first kappa shape index (κ1) is 37.0. The van der Waals surface area contributed by atoms with E-state index in [1.165, 1.54) is 218 Å². The molecule has 0 aliphatic rings. The van der Waals surface area contributed by atoms with Gasteiger partial charge in [-0.1, -0.05) is 122 Å². The Hall–Kier alpha value is 0.960. The van der Waals surface area contributed by atoms with Crippen molar-refractivity contribution in [3.05, 3.63) is 0 Å². The number of aliphatic hydroxyl groups is 1. The molecule has 0 spiro atoms. The van der Waals surface area contributed by atoms with Crippen LogP contribution < -0.4 is 0 Å². The van der Waals surface area contributed by atoms with Crippen molar-refractivity contribution in [2.75, 3.05) is 0 Å². The second-order valence-electron chi connectivity index (χ2n) is 12.1. The Morgan fingerprint density at radius 3 is 0.833 bits per heavy atom. The Morgan fingerprint density at radius 1 is 0.361 bits per heavy atom. The zero-order valence-electron chi connectivity index (χ0n) is 25.7. The Bertz CT molecular complexity index is 372. The second kappa shape index (κ2) is 34.0. The zero-order valence-corrected chi connectivity index (χ0v) is 27.7. The number of rotatable bonds is 32. The molecule has 0 aromatic heterocycles. The average molecular weight is 517 g/mol. The van der Waals surface area contributed by atoms with Gasteiger partial charge in [0.2, 0.25) is 0 Å². The first-order chi connectivity index (χ1) is 17.8. The van der Waals surface area contributed by atoms with E-state index < -0.39 is 0 Å². The van der Waals surface area contributed by atoms with E-state index in [1.807, 2.05) is 0 Å². The quantitative estimate of drug-likeness (QED) is 0.0696. The molecular weight excluding hydrogens is 447 g/mol. The standard InChI is InChI=1S/C34H69O.Na/c1-3-5-7-9-11-13-15-17-19-21-23-25-27-29-31-33-34(35)32-30-28-26-24-22-20-18-16-14-12-10-8-6-4-2;/h34-35H,1,3-33H2,2H3;. The van der Waals surface area contributed by atoms with Crippen LogP contribution in [-0.4, -0.2) is 39.1 Å². The predicted octanol–water partition coefficient (Wildman–Crippen LogP) is 12.0. The molecule has 0 rings (SSSR count). The summed E-state index contributed by atoms with van der Waals surface area (Å²) >= 11 is 1.40. The monoisotopic (exact) mass is 517 g/mol. The van der Waals surface area contributed by atoms with E-state index >= 15 is 0 Å². The van der Waals surface area contributed by atoms with Crippen LogP contribution in [0, 0.1) is 0 Å². The van der Waals surface area contributed by atoms with Crippen molar-refractivity contribution in [2.45, 2.75) is 216 Å². The van der Waals surface area contributed by atoms with Gasteiger partial charge in [0, 0.05) is 0 Å². The van der Waals surface area contributed by atoms with Gasteiger partial charge in [0.1, 0.15) is 0 Å². The molecule has 0 heterocycles. The summed E-state index contributed by atoms with van der Waals surface area (Å²) in [7, 11) is 0. The molecule has 0 bridgehead atoms. The van der Waals surface area contributed by atoms with Gasteiger partial charge in [-0.15, -0.1) is 0 Å². The van der Waals surface area contributed by atoms with Gasteiger partial charge in [-0.2, -0.15) is 0 Å². The fourth-order valence-corrected chi connectivity index (χ4v) is 6.15. The molecule has 1 unspecified atom stereocenters. The van der Waals surface area contributed by atoms with E-state index in [4.69, 9.17) is 0 Å². The fourth-order valence-electron chi connectivity index (χ4n) is 5.65. The number of hydrogen-bond acceptors (Lipinski definition) is 1. The van der Waals surface area contributed by atoms with Gasteiger partial charge in [-0.25, -0.2) is 0 Å². The average Bonchev–Trinajstić information content (AvgIpc) is 2.88. The molecule has 0 radical (unpaired) electrons. The van der Waals surface area contributed by atoms with E-state index in [0.717, 1.165) is 12.8 Å². The van der Waals surface area contributed by atoms with E-state index in [0.29, 0.717) is 0 Å². The molecule has 0 saturated carbocycles. The Kier molecular flexibility index (Phi) is 34.9. The molecule has 0 aliphatic heterocycles. The molecule has 2 heteroatoms. The van der Waals surface area contributed by atoms with E-state index in [1.54, 1.807) is 0 Å². The van der Waals surface area contributed by atoms with Crippen molar-refractivity contribution in [1.29, 1.82) is 0 Å². The summed E-state index contributed by atoms with van der Waals surface area (Å²) in [6, 6.07) is 0. The molecule has 212 valence electrons. The summed E-state index contributed by atoms with van der Waals surface area (Å²) in [5, 5.41) is 10.3. The molecular formula is C34H69NaO. The molecule has 0 aromatic carbocycles. The van der Waals surface area contributed by atoms with E-state index in [2.05, 4.69) is 6.92 Å². The summed E-state index contributed by atoms with van der Waals surface area (Å²) in [4.78, 5) is 0. The van der Waals surface area contributed by atoms with Gasteiger partial charge >= 0.3 is 102 Å². The summed E-state index contributed by atoms with van der Waals surface area (Å²) in [5.74, 6) is 0.